The molecule has 3 aromatic rings. The molecule has 1 saturated heterocycles. The van der Waals surface area contributed by atoms with Crippen LogP contribution in [0.15, 0.2) is 24.3 Å². The molecule has 8 heteroatoms. The molecule has 1 aliphatic carbocycles. The maximum absolute atomic E-state index is 12.7. The largest absolute Gasteiger partial charge is 0.370 e. The lowest BCUT2D eigenvalue weighted by Crippen LogP contribution is -2.54. The van der Waals surface area contributed by atoms with Crippen molar-refractivity contribution in [2.24, 2.45) is 5.92 Å². The van der Waals surface area contributed by atoms with Crippen LogP contribution in [0.2, 0.25) is 0 Å². The van der Waals surface area contributed by atoms with E-state index in [9.17, 15) is 4.79 Å². The summed E-state index contributed by atoms with van der Waals surface area (Å²) in [5.41, 5.74) is 3.55. The highest BCUT2D eigenvalue weighted by Gasteiger charge is 2.45. The molecular formula is C26H33N5O2S. The Hall–Kier alpha value is -2.29. The number of fused-ring (bicyclic) bond motifs is 3. The van der Waals surface area contributed by atoms with Gasteiger partial charge in [0.25, 0.3) is 5.91 Å². The minimum atomic E-state index is -0.0749. The van der Waals surface area contributed by atoms with Crippen molar-refractivity contribution in [3.05, 3.63) is 45.1 Å². The molecule has 4 heterocycles. The van der Waals surface area contributed by atoms with Gasteiger partial charge in [-0.1, -0.05) is 6.92 Å². The van der Waals surface area contributed by atoms with Crippen molar-refractivity contribution in [1.82, 2.24) is 25.6 Å². The van der Waals surface area contributed by atoms with E-state index in [-0.39, 0.29) is 17.6 Å². The van der Waals surface area contributed by atoms with Crippen LogP contribution in [-0.2, 0) is 23.2 Å². The highest BCUT2D eigenvalue weighted by molar-refractivity contribution is 7.12. The lowest BCUT2D eigenvalue weighted by atomic mass is 9.76. The number of carbonyl (C=O) groups is 1. The molecule has 2 N–H and O–H groups in total. The van der Waals surface area contributed by atoms with E-state index in [1.165, 1.54) is 10.4 Å². The Bertz CT molecular complexity index is 1200. The Balaban J connectivity index is 1.02. The van der Waals surface area contributed by atoms with Crippen molar-refractivity contribution < 1.29 is 9.53 Å². The van der Waals surface area contributed by atoms with Gasteiger partial charge < -0.3 is 15.0 Å². The monoisotopic (exact) mass is 479 g/mol. The predicted molar refractivity (Wildman–Crippen MR) is 133 cm³/mol. The van der Waals surface area contributed by atoms with Crippen molar-refractivity contribution in [3.63, 3.8) is 0 Å². The summed E-state index contributed by atoms with van der Waals surface area (Å²) in [5, 5.41) is 13.9. The Morgan fingerprint density at radius 1 is 1.29 bits per heavy atom. The molecule has 2 aromatic heterocycles. The smallest absolute Gasteiger partial charge is 0.251 e. The summed E-state index contributed by atoms with van der Waals surface area (Å²) < 4.78 is 6.50. The molecule has 2 fully saturated rings. The Morgan fingerprint density at radius 3 is 2.97 bits per heavy atom. The van der Waals surface area contributed by atoms with Gasteiger partial charge in [-0.05, 0) is 74.8 Å². The minimum Gasteiger partial charge on any atom is -0.370 e. The van der Waals surface area contributed by atoms with Crippen LogP contribution < -0.4 is 5.32 Å². The first-order chi connectivity index (χ1) is 16.5. The van der Waals surface area contributed by atoms with Gasteiger partial charge in [0.2, 0.25) is 0 Å². The molecule has 34 heavy (non-hydrogen) atoms. The third-order valence-electron chi connectivity index (χ3n) is 8.10. The van der Waals surface area contributed by atoms with Crippen LogP contribution in [0.1, 0.15) is 65.2 Å². The molecule has 0 bridgehead atoms. The topological polar surface area (TPSA) is 83.1 Å². The van der Waals surface area contributed by atoms with Gasteiger partial charge in [0.15, 0.2) is 0 Å². The summed E-state index contributed by atoms with van der Waals surface area (Å²) in [7, 11) is 0. The van der Waals surface area contributed by atoms with Crippen LogP contribution in [0.3, 0.4) is 0 Å². The van der Waals surface area contributed by atoms with Crippen molar-refractivity contribution in [3.8, 4) is 0 Å². The average Bonchev–Trinajstić information content (AvgIpc) is 3.46. The molecule has 0 unspecified atom stereocenters. The molecule has 0 radical (unpaired) electrons. The first-order valence-corrected chi connectivity index (χ1v) is 13.5. The van der Waals surface area contributed by atoms with Crippen LogP contribution in [0.5, 0.6) is 0 Å². The number of benzene rings is 1. The number of piperidine rings is 1. The van der Waals surface area contributed by atoms with E-state index in [2.05, 4.69) is 45.5 Å². The van der Waals surface area contributed by atoms with Gasteiger partial charge in [0, 0.05) is 46.9 Å². The lowest BCUT2D eigenvalue weighted by Gasteiger charge is -2.49. The number of nitrogens with zero attached hydrogens (tertiary/aromatic N) is 3. The highest BCUT2D eigenvalue weighted by atomic mass is 32.1. The fourth-order valence-corrected chi connectivity index (χ4v) is 7.31. The van der Waals surface area contributed by atoms with Gasteiger partial charge in [0.1, 0.15) is 11.0 Å². The van der Waals surface area contributed by atoms with E-state index in [0.29, 0.717) is 17.5 Å². The number of hydrogen-bond donors (Lipinski definition) is 2. The quantitative estimate of drug-likeness (QED) is 0.577. The number of amides is 1. The number of aromatic amines is 1. The number of rotatable bonds is 5. The third-order valence-corrected chi connectivity index (χ3v) is 9.44. The molecule has 3 aliphatic rings. The summed E-state index contributed by atoms with van der Waals surface area (Å²) in [6.45, 7) is 7.68. The SMILES string of the molecule is CCc1cc2c(s1)CCO[C@@]21CCN(CC2CC(NC(=O)c3ccc4n[nH]nc4c3)C2)[C@@H](C)C1. The van der Waals surface area contributed by atoms with E-state index in [1.807, 2.05) is 23.5 Å². The molecule has 1 spiro atoms. The zero-order valence-corrected chi connectivity index (χ0v) is 20.8. The van der Waals surface area contributed by atoms with Gasteiger partial charge in [0.05, 0.1) is 12.2 Å². The second-order valence-electron chi connectivity index (χ2n) is 10.3. The number of aromatic nitrogens is 3. The standard InChI is InChI=1S/C26H33N5O2S/c1-3-20-13-21-24(34-20)6-9-33-26(21)7-8-31(16(2)14-26)15-17-10-19(11-17)27-25(32)18-4-5-22-23(12-18)29-30-28-22/h4-5,12-13,16-17,19H,3,6-11,14-15H2,1-2H3,(H,27,32)(H,28,29,30)/t16-,17?,19?,26+/m0/s1. The van der Waals surface area contributed by atoms with E-state index < -0.39 is 0 Å². The summed E-state index contributed by atoms with van der Waals surface area (Å²) in [5.74, 6) is 0.629. The number of H-pyrrole nitrogens is 1. The molecule has 1 aromatic carbocycles. The van der Waals surface area contributed by atoms with Crippen LogP contribution in [0.25, 0.3) is 11.0 Å². The maximum atomic E-state index is 12.7. The molecule has 180 valence electrons. The number of hydrogen-bond acceptors (Lipinski definition) is 6. The highest BCUT2D eigenvalue weighted by Crippen LogP contribution is 2.46. The van der Waals surface area contributed by atoms with Crippen molar-refractivity contribution in [2.45, 2.75) is 70.1 Å². The Morgan fingerprint density at radius 2 is 2.15 bits per heavy atom. The normalized spacial score (nSPS) is 29.2. The molecule has 6 rings (SSSR count). The van der Waals surface area contributed by atoms with Gasteiger partial charge in [-0.25, -0.2) is 0 Å². The molecule has 1 amide bonds. The molecule has 7 nitrogen and oxygen atoms in total. The Labute approximate surface area is 204 Å². The van der Waals surface area contributed by atoms with Crippen molar-refractivity contribution >= 4 is 28.3 Å². The van der Waals surface area contributed by atoms with Crippen LogP contribution >= 0.6 is 11.3 Å². The van der Waals surface area contributed by atoms with E-state index in [1.54, 1.807) is 10.9 Å². The zero-order valence-electron chi connectivity index (χ0n) is 20.0. The zero-order chi connectivity index (χ0) is 23.3. The maximum Gasteiger partial charge on any atom is 0.251 e. The van der Waals surface area contributed by atoms with Crippen LogP contribution in [-0.4, -0.2) is 58.0 Å². The third kappa shape index (κ3) is 3.95. The first-order valence-electron chi connectivity index (χ1n) is 12.6. The summed E-state index contributed by atoms with van der Waals surface area (Å²) >= 11 is 2.00. The van der Waals surface area contributed by atoms with Gasteiger partial charge in [-0.3, -0.25) is 4.79 Å². The molecule has 2 aliphatic heterocycles. The number of likely N-dealkylation sites (tertiary alicyclic amines) is 1. The lowest BCUT2D eigenvalue weighted by molar-refractivity contribution is -0.114. The number of ether oxygens (including phenoxy) is 1. The van der Waals surface area contributed by atoms with E-state index in [0.717, 1.165) is 69.3 Å². The van der Waals surface area contributed by atoms with E-state index >= 15 is 0 Å². The fraction of sp³-hybridized carbons (Fsp3) is 0.577. The number of thiophene rings is 1. The van der Waals surface area contributed by atoms with Crippen LogP contribution in [0.4, 0.5) is 0 Å². The van der Waals surface area contributed by atoms with Gasteiger partial charge in [-0.15, -0.1) is 11.3 Å². The van der Waals surface area contributed by atoms with Crippen molar-refractivity contribution in [1.29, 1.82) is 0 Å². The molecule has 2 atom stereocenters. The number of nitrogens with one attached hydrogen (secondary N) is 2. The molecular weight excluding hydrogens is 446 g/mol. The van der Waals surface area contributed by atoms with Gasteiger partial charge >= 0.3 is 0 Å². The Kier molecular flexibility index (Phi) is 5.70. The second kappa shape index (κ2) is 8.73. The summed E-state index contributed by atoms with van der Waals surface area (Å²) in [4.78, 5) is 18.4. The van der Waals surface area contributed by atoms with Gasteiger partial charge in [-0.2, -0.15) is 15.4 Å². The summed E-state index contributed by atoms with van der Waals surface area (Å²) in [6, 6.07) is 8.65. The molecule has 1 saturated carbocycles. The minimum absolute atomic E-state index is 0.0194. The average molecular weight is 480 g/mol. The number of aryl methyl sites for hydroxylation is 1. The van der Waals surface area contributed by atoms with Crippen LogP contribution in [0, 0.1) is 5.92 Å². The second-order valence-corrected chi connectivity index (χ2v) is 11.6. The summed E-state index contributed by atoms with van der Waals surface area (Å²) in [6.07, 6.45) is 6.46. The van der Waals surface area contributed by atoms with E-state index in [4.69, 9.17) is 4.74 Å². The van der Waals surface area contributed by atoms with Crippen molar-refractivity contribution in [2.75, 3.05) is 19.7 Å². The predicted octanol–water partition coefficient (Wildman–Crippen LogP) is 4.04. The fourth-order valence-electron chi connectivity index (χ4n) is 6.13. The number of carbonyl (C=O) groups excluding carboxylic acids is 1. The first kappa shape index (κ1) is 22.2.